The summed E-state index contributed by atoms with van der Waals surface area (Å²) in [4.78, 5) is 10.2. The highest BCUT2D eigenvalue weighted by Gasteiger charge is 2.48. The van der Waals surface area contributed by atoms with Gasteiger partial charge in [0.25, 0.3) is 0 Å². The molecule has 0 saturated carbocycles. The SMILES string of the molecule is C1CO1.O=Cc1ccc(OS(=O)(=O)C(F)(F)F)cc1. The molecule has 1 aromatic rings. The number of rotatable bonds is 3. The van der Waals surface area contributed by atoms with E-state index >= 15 is 0 Å². The van der Waals surface area contributed by atoms with Gasteiger partial charge in [0.15, 0.2) is 0 Å². The predicted octanol–water partition coefficient (Wildman–Crippen LogP) is 1.74. The lowest BCUT2D eigenvalue weighted by Gasteiger charge is -2.08. The fourth-order valence-corrected chi connectivity index (χ4v) is 1.23. The van der Waals surface area contributed by atoms with Crippen molar-refractivity contribution < 1.29 is 35.3 Å². The third-order valence-electron chi connectivity index (χ3n) is 1.71. The Morgan fingerprint density at radius 2 is 1.63 bits per heavy atom. The predicted molar refractivity (Wildman–Crippen MR) is 58.3 cm³/mol. The molecule has 0 spiro atoms. The first-order valence-electron chi connectivity index (χ1n) is 4.90. The maximum atomic E-state index is 11.9. The van der Waals surface area contributed by atoms with Gasteiger partial charge in [-0.1, -0.05) is 0 Å². The molecule has 0 unspecified atom stereocenters. The molecule has 1 saturated heterocycles. The number of aldehydes is 1. The van der Waals surface area contributed by atoms with Gasteiger partial charge in [-0.3, -0.25) is 4.79 Å². The van der Waals surface area contributed by atoms with Crippen molar-refractivity contribution in [3.63, 3.8) is 0 Å². The first-order valence-corrected chi connectivity index (χ1v) is 6.31. The minimum Gasteiger partial charge on any atom is -0.377 e. The lowest BCUT2D eigenvalue weighted by atomic mass is 10.2. The summed E-state index contributed by atoms with van der Waals surface area (Å²) < 4.78 is 65.1. The van der Waals surface area contributed by atoms with Gasteiger partial charge in [-0.05, 0) is 24.3 Å². The minimum atomic E-state index is -5.66. The Balaban J connectivity index is 0.000000524. The van der Waals surface area contributed by atoms with Crippen molar-refractivity contribution in [1.29, 1.82) is 0 Å². The molecule has 0 radical (unpaired) electrons. The van der Waals surface area contributed by atoms with E-state index in [1.54, 1.807) is 0 Å². The summed E-state index contributed by atoms with van der Waals surface area (Å²) in [6, 6.07) is 4.17. The third kappa shape index (κ3) is 5.26. The summed E-state index contributed by atoms with van der Waals surface area (Å²) in [5, 5.41) is 0. The van der Waals surface area contributed by atoms with Crippen LogP contribution >= 0.6 is 0 Å². The fraction of sp³-hybridized carbons (Fsp3) is 0.300. The molecule has 1 aliphatic rings. The number of alkyl halides is 3. The van der Waals surface area contributed by atoms with E-state index in [2.05, 4.69) is 8.92 Å². The number of epoxide rings is 1. The van der Waals surface area contributed by atoms with Crippen LogP contribution in [0.4, 0.5) is 13.2 Å². The Kier molecular flexibility index (Phi) is 4.90. The van der Waals surface area contributed by atoms with Gasteiger partial charge in [-0.15, -0.1) is 0 Å². The molecule has 5 nitrogen and oxygen atoms in total. The van der Waals surface area contributed by atoms with E-state index in [1.165, 1.54) is 0 Å². The molecule has 0 amide bonds. The average Bonchev–Trinajstić information content (AvgIpc) is 3.15. The summed E-state index contributed by atoms with van der Waals surface area (Å²) in [5.74, 6) is -0.511. The number of hydrogen-bond donors (Lipinski definition) is 0. The zero-order valence-electron chi connectivity index (χ0n) is 9.38. The van der Waals surface area contributed by atoms with Crippen LogP contribution in [0.1, 0.15) is 10.4 Å². The lowest BCUT2D eigenvalue weighted by Crippen LogP contribution is -2.28. The Morgan fingerprint density at radius 1 is 1.16 bits per heavy atom. The highest BCUT2D eigenvalue weighted by Crippen LogP contribution is 2.26. The normalized spacial score (nSPS) is 14.1. The van der Waals surface area contributed by atoms with Crippen molar-refractivity contribution >= 4 is 16.4 Å². The number of carbonyl (C=O) groups is 1. The fourth-order valence-electron chi connectivity index (χ4n) is 0.776. The molecule has 0 N–H and O–H groups in total. The Hall–Kier alpha value is -1.61. The highest BCUT2D eigenvalue weighted by atomic mass is 32.2. The number of hydrogen-bond acceptors (Lipinski definition) is 5. The molecule has 2 rings (SSSR count). The topological polar surface area (TPSA) is 73.0 Å². The van der Waals surface area contributed by atoms with Gasteiger partial charge in [-0.25, -0.2) is 0 Å². The van der Waals surface area contributed by atoms with Gasteiger partial charge in [0, 0.05) is 5.56 Å². The zero-order valence-corrected chi connectivity index (χ0v) is 10.2. The van der Waals surface area contributed by atoms with Gasteiger partial charge in [0.05, 0.1) is 13.2 Å². The number of ether oxygens (including phenoxy) is 1. The van der Waals surface area contributed by atoms with Gasteiger partial charge < -0.3 is 8.92 Å². The van der Waals surface area contributed by atoms with Crippen molar-refractivity contribution in [3.05, 3.63) is 29.8 Å². The van der Waals surface area contributed by atoms with Crippen molar-refractivity contribution in [3.8, 4) is 5.75 Å². The van der Waals surface area contributed by atoms with Crippen LogP contribution in [0.15, 0.2) is 24.3 Å². The van der Waals surface area contributed by atoms with Crippen molar-refractivity contribution in [2.24, 2.45) is 0 Å². The Labute approximate surface area is 107 Å². The molecular formula is C10H9F3O5S. The lowest BCUT2D eigenvalue weighted by molar-refractivity contribution is -0.0500. The average molecular weight is 298 g/mol. The van der Waals surface area contributed by atoms with E-state index in [0.29, 0.717) is 6.29 Å². The van der Waals surface area contributed by atoms with Crippen LogP contribution in [0.2, 0.25) is 0 Å². The number of benzene rings is 1. The molecule has 19 heavy (non-hydrogen) atoms. The van der Waals surface area contributed by atoms with Crippen molar-refractivity contribution in [2.45, 2.75) is 5.51 Å². The maximum Gasteiger partial charge on any atom is 0.534 e. The van der Waals surface area contributed by atoms with Gasteiger partial charge in [-0.2, -0.15) is 21.6 Å². The molecule has 1 aliphatic heterocycles. The molecule has 9 heteroatoms. The van der Waals surface area contributed by atoms with Crippen LogP contribution in [0.3, 0.4) is 0 Å². The van der Waals surface area contributed by atoms with Crippen molar-refractivity contribution in [1.82, 2.24) is 0 Å². The highest BCUT2D eigenvalue weighted by molar-refractivity contribution is 7.87. The first kappa shape index (κ1) is 15.4. The Morgan fingerprint density at radius 3 is 1.95 bits per heavy atom. The van der Waals surface area contributed by atoms with Crippen LogP contribution in [0.5, 0.6) is 5.75 Å². The molecule has 106 valence electrons. The molecule has 1 heterocycles. The largest absolute Gasteiger partial charge is 0.534 e. The molecule has 0 aromatic heterocycles. The van der Waals surface area contributed by atoms with Gasteiger partial charge in [0.2, 0.25) is 0 Å². The van der Waals surface area contributed by atoms with E-state index in [1.807, 2.05) is 0 Å². The second kappa shape index (κ2) is 6.02. The summed E-state index contributed by atoms with van der Waals surface area (Å²) in [7, 11) is -5.66. The van der Waals surface area contributed by atoms with E-state index in [9.17, 15) is 26.4 Å². The molecule has 0 bridgehead atoms. The standard InChI is InChI=1S/C8H5F3O4S.C2H4O/c9-8(10,11)16(13,14)15-7-3-1-6(5-12)2-4-7;1-2-3-1/h1-5H;1-2H2. The summed E-state index contributed by atoms with van der Waals surface area (Å²) in [5.41, 5.74) is -5.28. The van der Waals surface area contributed by atoms with Gasteiger partial charge >= 0.3 is 15.6 Å². The third-order valence-corrected chi connectivity index (χ3v) is 2.69. The van der Waals surface area contributed by atoms with E-state index in [0.717, 1.165) is 37.5 Å². The Bertz CT molecular complexity index is 516. The van der Waals surface area contributed by atoms with E-state index in [-0.39, 0.29) is 5.56 Å². The number of halogens is 3. The number of carbonyl (C=O) groups excluding carboxylic acids is 1. The van der Waals surface area contributed by atoms with Crippen molar-refractivity contribution in [2.75, 3.05) is 13.2 Å². The van der Waals surface area contributed by atoms with Gasteiger partial charge in [0.1, 0.15) is 12.0 Å². The quantitative estimate of drug-likeness (QED) is 0.368. The summed E-state index contributed by atoms with van der Waals surface area (Å²) in [6.45, 7) is 2.00. The van der Waals surface area contributed by atoms with E-state index < -0.39 is 21.4 Å². The first-order chi connectivity index (χ1) is 8.76. The second-order valence-electron chi connectivity index (χ2n) is 3.28. The smallest absolute Gasteiger partial charge is 0.377 e. The monoisotopic (exact) mass is 298 g/mol. The second-order valence-corrected chi connectivity index (χ2v) is 4.82. The van der Waals surface area contributed by atoms with Crippen LogP contribution in [-0.4, -0.2) is 33.4 Å². The van der Waals surface area contributed by atoms with E-state index in [4.69, 9.17) is 0 Å². The molecule has 1 fully saturated rings. The zero-order chi connectivity index (χ0) is 14.5. The van der Waals surface area contributed by atoms with Crippen LogP contribution in [-0.2, 0) is 14.9 Å². The molecule has 0 aliphatic carbocycles. The molecular weight excluding hydrogens is 289 g/mol. The maximum absolute atomic E-state index is 11.9. The minimum absolute atomic E-state index is 0.191. The molecule has 0 atom stereocenters. The van der Waals surface area contributed by atoms with Crippen LogP contribution in [0.25, 0.3) is 0 Å². The summed E-state index contributed by atoms with van der Waals surface area (Å²) >= 11 is 0. The van der Waals surface area contributed by atoms with Crippen LogP contribution < -0.4 is 4.18 Å². The van der Waals surface area contributed by atoms with Crippen LogP contribution in [0, 0.1) is 0 Å². The summed E-state index contributed by atoms with van der Waals surface area (Å²) in [6.07, 6.45) is 0.460. The molecule has 1 aromatic carbocycles.